The predicted octanol–water partition coefficient (Wildman–Crippen LogP) is 8.42. The number of hydrogen-bond donors (Lipinski definition) is 1. The summed E-state index contributed by atoms with van der Waals surface area (Å²) in [5.74, 6) is 1.70. The second kappa shape index (κ2) is 13.1. The second-order valence-corrected chi connectivity index (χ2v) is 11.4. The van der Waals surface area contributed by atoms with E-state index < -0.39 is 11.6 Å². The van der Waals surface area contributed by atoms with Gasteiger partial charge in [0, 0.05) is 23.3 Å². The number of benzene rings is 3. The third-order valence-electron chi connectivity index (χ3n) is 7.15. The van der Waals surface area contributed by atoms with Crippen LogP contribution in [0.1, 0.15) is 42.8 Å². The number of carboxylic acids is 1. The number of oxazole rings is 1. The van der Waals surface area contributed by atoms with Gasteiger partial charge in [0.05, 0.1) is 12.3 Å². The molecule has 0 aliphatic carbocycles. The fourth-order valence-electron chi connectivity index (χ4n) is 4.90. The lowest BCUT2D eigenvalue weighted by Gasteiger charge is -2.27. The summed E-state index contributed by atoms with van der Waals surface area (Å²) in [4.78, 5) is 18.2. The molecule has 1 atom stereocenters. The van der Waals surface area contributed by atoms with Gasteiger partial charge in [0.1, 0.15) is 17.3 Å². The summed E-state index contributed by atoms with van der Waals surface area (Å²) in [6.45, 7) is 6.10. The minimum absolute atomic E-state index is 0.226. The van der Waals surface area contributed by atoms with Crippen molar-refractivity contribution in [1.29, 1.82) is 0 Å². The van der Waals surface area contributed by atoms with Gasteiger partial charge < -0.3 is 19.0 Å². The molecule has 0 saturated carbocycles. The van der Waals surface area contributed by atoms with Crippen LogP contribution in [0.5, 0.6) is 11.5 Å². The lowest BCUT2D eigenvalue weighted by atomic mass is 9.94. The van der Waals surface area contributed by atoms with Crippen LogP contribution in [0.4, 0.5) is 0 Å². The average molecular weight is 582 g/mol. The van der Waals surface area contributed by atoms with Gasteiger partial charge in [0.15, 0.2) is 0 Å². The molecule has 216 valence electrons. The lowest BCUT2D eigenvalue weighted by molar-refractivity contribution is -0.153. The highest BCUT2D eigenvalue weighted by molar-refractivity contribution is 7.13. The Hall–Kier alpha value is -4.36. The third kappa shape index (κ3) is 6.92. The van der Waals surface area contributed by atoms with Crippen molar-refractivity contribution in [3.05, 3.63) is 113 Å². The highest BCUT2D eigenvalue weighted by atomic mass is 32.1. The molecule has 42 heavy (non-hydrogen) atoms. The van der Waals surface area contributed by atoms with E-state index in [0.717, 1.165) is 46.7 Å². The van der Waals surface area contributed by atoms with Crippen LogP contribution in [-0.2, 0) is 24.1 Å². The third-order valence-corrected chi connectivity index (χ3v) is 8.07. The maximum Gasteiger partial charge on any atom is 0.348 e. The molecule has 2 heterocycles. The molecule has 2 aromatic heterocycles. The molecule has 0 aliphatic heterocycles. The Morgan fingerprint density at radius 3 is 2.43 bits per heavy atom. The minimum atomic E-state index is -1.40. The van der Waals surface area contributed by atoms with Crippen LogP contribution in [0, 0.1) is 6.92 Å². The Bertz CT molecular complexity index is 1610. The maximum atomic E-state index is 12.2. The monoisotopic (exact) mass is 581 g/mol. The van der Waals surface area contributed by atoms with Crippen molar-refractivity contribution in [3.8, 4) is 33.4 Å². The number of carbonyl (C=O) groups is 1. The van der Waals surface area contributed by atoms with E-state index in [-0.39, 0.29) is 6.42 Å². The van der Waals surface area contributed by atoms with Crippen LogP contribution in [0.2, 0.25) is 0 Å². The molecule has 0 amide bonds. The van der Waals surface area contributed by atoms with E-state index >= 15 is 0 Å². The molecule has 1 N–H and O–H groups in total. The number of para-hydroxylation sites is 1. The SMILES string of the molecule is CCCc1cc(CC(C)(Oc2ccccc2)C(=O)O)ccc1OCCc1nc(-c2ccc(-c3cccs3)cc2)oc1C. The van der Waals surface area contributed by atoms with Gasteiger partial charge in [0.25, 0.3) is 0 Å². The number of ether oxygens (including phenoxy) is 2. The van der Waals surface area contributed by atoms with E-state index in [4.69, 9.17) is 18.9 Å². The Morgan fingerprint density at radius 2 is 1.74 bits per heavy atom. The summed E-state index contributed by atoms with van der Waals surface area (Å²) in [6.07, 6.45) is 2.59. The van der Waals surface area contributed by atoms with E-state index in [9.17, 15) is 9.90 Å². The maximum absolute atomic E-state index is 12.2. The average Bonchev–Trinajstić information content (AvgIpc) is 3.65. The van der Waals surface area contributed by atoms with E-state index in [2.05, 4.69) is 36.6 Å². The van der Waals surface area contributed by atoms with Crippen molar-refractivity contribution in [2.45, 2.75) is 52.1 Å². The van der Waals surface area contributed by atoms with Crippen molar-refractivity contribution in [1.82, 2.24) is 4.98 Å². The molecular weight excluding hydrogens is 546 g/mol. The van der Waals surface area contributed by atoms with Gasteiger partial charge in [0.2, 0.25) is 11.5 Å². The molecule has 5 rings (SSSR count). The van der Waals surface area contributed by atoms with Crippen molar-refractivity contribution in [2.24, 2.45) is 0 Å². The topological polar surface area (TPSA) is 81.8 Å². The summed E-state index contributed by atoms with van der Waals surface area (Å²) < 4.78 is 18.2. The Morgan fingerprint density at radius 1 is 0.976 bits per heavy atom. The Balaban J connectivity index is 1.24. The molecule has 0 spiro atoms. The number of aryl methyl sites for hydroxylation is 2. The smallest absolute Gasteiger partial charge is 0.348 e. The van der Waals surface area contributed by atoms with Crippen LogP contribution in [-0.4, -0.2) is 28.3 Å². The molecule has 5 aromatic rings. The van der Waals surface area contributed by atoms with Crippen LogP contribution in [0.15, 0.2) is 94.7 Å². The first-order valence-electron chi connectivity index (χ1n) is 14.2. The van der Waals surface area contributed by atoms with Gasteiger partial charge in [-0.25, -0.2) is 9.78 Å². The van der Waals surface area contributed by atoms with Crippen LogP contribution >= 0.6 is 11.3 Å². The van der Waals surface area contributed by atoms with Crippen LogP contribution in [0.3, 0.4) is 0 Å². The van der Waals surface area contributed by atoms with Gasteiger partial charge in [-0.1, -0.05) is 61.9 Å². The van der Waals surface area contributed by atoms with Crippen molar-refractivity contribution in [2.75, 3.05) is 6.61 Å². The molecular formula is C35H35NO5S. The summed E-state index contributed by atoms with van der Waals surface area (Å²) in [7, 11) is 0. The van der Waals surface area contributed by atoms with Gasteiger partial charge in [-0.05, 0) is 78.7 Å². The summed E-state index contributed by atoms with van der Waals surface area (Å²) in [5.41, 5.74) is 3.52. The molecule has 0 bridgehead atoms. The zero-order valence-electron chi connectivity index (χ0n) is 24.1. The van der Waals surface area contributed by atoms with Crippen molar-refractivity contribution >= 4 is 17.3 Å². The van der Waals surface area contributed by atoms with E-state index in [1.54, 1.807) is 30.4 Å². The van der Waals surface area contributed by atoms with Gasteiger partial charge >= 0.3 is 5.97 Å². The normalized spacial score (nSPS) is 12.5. The predicted molar refractivity (Wildman–Crippen MR) is 166 cm³/mol. The van der Waals surface area contributed by atoms with E-state index in [0.29, 0.717) is 24.7 Å². The number of aliphatic carboxylic acids is 1. The number of hydrogen-bond acceptors (Lipinski definition) is 6. The lowest BCUT2D eigenvalue weighted by Crippen LogP contribution is -2.43. The Kier molecular flexibility index (Phi) is 9.08. The highest BCUT2D eigenvalue weighted by Crippen LogP contribution is 2.30. The fourth-order valence-corrected chi connectivity index (χ4v) is 5.64. The van der Waals surface area contributed by atoms with Gasteiger partial charge in [-0.15, -0.1) is 11.3 Å². The molecule has 0 aliphatic rings. The number of nitrogens with zero attached hydrogens (tertiary/aromatic N) is 1. The van der Waals surface area contributed by atoms with Gasteiger partial charge in [-0.2, -0.15) is 0 Å². The zero-order chi connectivity index (χ0) is 29.5. The number of thiophene rings is 1. The number of rotatable bonds is 13. The van der Waals surface area contributed by atoms with Crippen LogP contribution < -0.4 is 9.47 Å². The largest absolute Gasteiger partial charge is 0.493 e. The Labute approximate surface area is 250 Å². The second-order valence-electron chi connectivity index (χ2n) is 10.5. The first-order valence-corrected chi connectivity index (χ1v) is 15.1. The molecule has 6 nitrogen and oxygen atoms in total. The van der Waals surface area contributed by atoms with Crippen molar-refractivity contribution < 1.29 is 23.8 Å². The minimum Gasteiger partial charge on any atom is -0.493 e. The van der Waals surface area contributed by atoms with Crippen molar-refractivity contribution in [3.63, 3.8) is 0 Å². The zero-order valence-corrected chi connectivity index (χ0v) is 24.9. The standard InChI is InChI=1S/C35H35NO5S/c1-4-9-28-22-25(23-35(3,34(37)38)41-29-10-6-5-7-11-29)13-18-31(28)39-20-19-30-24(2)40-33(36-30)27-16-14-26(15-17-27)32-12-8-21-42-32/h5-8,10-18,21-22H,4,9,19-20,23H2,1-3H3,(H,37,38). The first kappa shape index (κ1) is 29.1. The molecule has 1 unspecified atom stereocenters. The van der Waals surface area contributed by atoms with E-state index in [1.807, 2.05) is 55.5 Å². The summed E-state index contributed by atoms with van der Waals surface area (Å²) in [5, 5.41) is 12.1. The molecule has 0 fully saturated rings. The van der Waals surface area contributed by atoms with Gasteiger partial charge in [-0.3, -0.25) is 0 Å². The quantitative estimate of drug-likeness (QED) is 0.150. The van der Waals surface area contributed by atoms with E-state index in [1.165, 1.54) is 10.4 Å². The van der Waals surface area contributed by atoms with Crippen LogP contribution in [0.25, 0.3) is 21.9 Å². The fraction of sp³-hybridized carbons (Fsp3) is 0.257. The first-order chi connectivity index (χ1) is 20.3. The number of carboxylic acid groups (broad SMARTS) is 1. The summed E-state index contributed by atoms with van der Waals surface area (Å²) in [6, 6.07) is 27.4. The number of aromatic nitrogens is 1. The molecule has 7 heteroatoms. The molecule has 0 radical (unpaired) electrons. The molecule has 0 saturated heterocycles. The highest BCUT2D eigenvalue weighted by Gasteiger charge is 2.36. The summed E-state index contributed by atoms with van der Waals surface area (Å²) >= 11 is 1.72. The molecule has 3 aromatic carbocycles.